The van der Waals surface area contributed by atoms with Crippen LogP contribution in [0.15, 0.2) is 36.4 Å². The van der Waals surface area contributed by atoms with E-state index < -0.39 is 0 Å². The molecule has 0 spiro atoms. The van der Waals surface area contributed by atoms with Gasteiger partial charge in [0.1, 0.15) is 0 Å². The van der Waals surface area contributed by atoms with E-state index in [1.54, 1.807) is 19.1 Å². The lowest BCUT2D eigenvalue weighted by molar-refractivity contribution is 0.103. The van der Waals surface area contributed by atoms with Crippen molar-refractivity contribution in [2.24, 2.45) is 5.41 Å². The number of H-pyrrole nitrogens is 1. The van der Waals surface area contributed by atoms with E-state index in [0.29, 0.717) is 13.2 Å². The third-order valence-corrected chi connectivity index (χ3v) is 4.27. The molecule has 0 aliphatic heterocycles. The second-order valence-electron chi connectivity index (χ2n) is 7.12. The van der Waals surface area contributed by atoms with Gasteiger partial charge in [-0.3, -0.25) is 5.10 Å². The van der Waals surface area contributed by atoms with E-state index in [4.69, 9.17) is 4.74 Å². The highest BCUT2D eigenvalue weighted by atomic mass is 16.5. The van der Waals surface area contributed by atoms with Crippen molar-refractivity contribution >= 4 is 6.03 Å². The second-order valence-corrected chi connectivity index (χ2v) is 7.12. The van der Waals surface area contributed by atoms with Gasteiger partial charge in [0.25, 0.3) is 0 Å². The minimum absolute atomic E-state index is 0.108. The minimum Gasteiger partial charge on any atom is -0.384 e. The van der Waals surface area contributed by atoms with Crippen LogP contribution >= 0.6 is 0 Å². The summed E-state index contributed by atoms with van der Waals surface area (Å²) in [6, 6.07) is 11.7. The van der Waals surface area contributed by atoms with Crippen LogP contribution in [0.5, 0.6) is 0 Å². The molecule has 0 unspecified atom stereocenters. The molecule has 136 valence electrons. The molecule has 6 heteroatoms. The number of benzene rings is 1. The summed E-state index contributed by atoms with van der Waals surface area (Å²) in [5.74, 6) is 0. The molecule has 1 aromatic heterocycles. The monoisotopic (exact) mass is 344 g/mol. The van der Waals surface area contributed by atoms with Crippen molar-refractivity contribution in [2.45, 2.75) is 26.8 Å². The predicted molar refractivity (Wildman–Crippen MR) is 99.3 cm³/mol. The Morgan fingerprint density at radius 3 is 2.68 bits per heavy atom. The van der Waals surface area contributed by atoms with Crippen LogP contribution < -0.4 is 5.32 Å². The number of nitrogens with zero attached hydrogens (tertiary/aromatic N) is 2. The van der Waals surface area contributed by atoms with Crippen LogP contribution in [-0.4, -0.2) is 48.4 Å². The van der Waals surface area contributed by atoms with Gasteiger partial charge in [0.2, 0.25) is 0 Å². The first-order chi connectivity index (χ1) is 11.8. The van der Waals surface area contributed by atoms with Crippen LogP contribution in [0.3, 0.4) is 0 Å². The van der Waals surface area contributed by atoms with Crippen LogP contribution in [0.25, 0.3) is 11.3 Å². The first-order valence-electron chi connectivity index (χ1n) is 8.44. The van der Waals surface area contributed by atoms with Gasteiger partial charge in [-0.2, -0.15) is 5.10 Å². The Morgan fingerprint density at radius 2 is 2.04 bits per heavy atom. The first-order valence-corrected chi connectivity index (χ1v) is 8.44. The van der Waals surface area contributed by atoms with Crippen molar-refractivity contribution < 1.29 is 9.53 Å². The average Bonchev–Trinajstić information content (AvgIpc) is 3.09. The molecule has 25 heavy (non-hydrogen) atoms. The second kappa shape index (κ2) is 8.16. The lowest BCUT2D eigenvalue weighted by Crippen LogP contribution is -2.43. The number of carbonyl (C=O) groups excluding carboxylic acids is 1. The van der Waals surface area contributed by atoms with Gasteiger partial charge in [-0.25, -0.2) is 4.79 Å². The maximum atomic E-state index is 12.4. The summed E-state index contributed by atoms with van der Waals surface area (Å²) in [4.78, 5) is 14.1. The van der Waals surface area contributed by atoms with Crippen molar-refractivity contribution in [3.63, 3.8) is 0 Å². The summed E-state index contributed by atoms with van der Waals surface area (Å²) in [5.41, 5.74) is 2.71. The minimum atomic E-state index is -0.118. The SMILES string of the molecule is COCC(C)(C)CNC(=O)N(C)[C@H](C)c1cc(-c2ccccc2)n[nH]1. The van der Waals surface area contributed by atoms with Gasteiger partial charge in [0.05, 0.1) is 24.0 Å². The van der Waals surface area contributed by atoms with E-state index in [1.165, 1.54) is 0 Å². The summed E-state index contributed by atoms with van der Waals surface area (Å²) in [6.07, 6.45) is 0. The normalized spacial score (nSPS) is 12.7. The third kappa shape index (κ3) is 5.06. The molecule has 0 saturated carbocycles. The maximum absolute atomic E-state index is 12.4. The molecule has 0 aliphatic rings. The molecule has 0 radical (unpaired) electrons. The molecular weight excluding hydrogens is 316 g/mol. The zero-order chi connectivity index (χ0) is 18.4. The molecule has 1 atom stereocenters. The molecule has 2 rings (SSSR count). The summed E-state index contributed by atoms with van der Waals surface area (Å²) < 4.78 is 5.18. The number of hydrogen-bond donors (Lipinski definition) is 2. The molecule has 2 amide bonds. The highest BCUT2D eigenvalue weighted by Crippen LogP contribution is 2.23. The van der Waals surface area contributed by atoms with Gasteiger partial charge >= 0.3 is 6.03 Å². The van der Waals surface area contributed by atoms with E-state index in [1.807, 2.05) is 43.3 Å². The highest BCUT2D eigenvalue weighted by molar-refractivity contribution is 5.74. The number of nitrogens with one attached hydrogen (secondary N) is 2. The van der Waals surface area contributed by atoms with E-state index in [-0.39, 0.29) is 17.5 Å². The Bertz CT molecular complexity index is 682. The zero-order valence-corrected chi connectivity index (χ0v) is 15.7. The standard InChI is InChI=1S/C19H28N4O2/c1-14(23(4)18(24)20-12-19(2,3)13-25-5)16-11-17(22-21-16)15-9-7-6-8-10-15/h6-11,14H,12-13H2,1-5H3,(H,20,24)(H,21,22)/t14-/m1/s1. The molecule has 1 aromatic carbocycles. The maximum Gasteiger partial charge on any atom is 0.317 e. The Hall–Kier alpha value is -2.34. The molecule has 0 saturated heterocycles. The number of urea groups is 1. The Morgan fingerprint density at radius 1 is 1.36 bits per heavy atom. The number of aromatic nitrogens is 2. The molecular formula is C19H28N4O2. The number of ether oxygens (including phenoxy) is 1. The summed E-state index contributed by atoms with van der Waals surface area (Å²) in [5, 5.41) is 10.4. The molecule has 0 fully saturated rings. The van der Waals surface area contributed by atoms with Crippen molar-refractivity contribution in [3.05, 3.63) is 42.1 Å². The summed E-state index contributed by atoms with van der Waals surface area (Å²) in [7, 11) is 3.45. The van der Waals surface area contributed by atoms with Gasteiger partial charge in [0.15, 0.2) is 0 Å². The first kappa shape index (κ1) is 19.0. The van der Waals surface area contributed by atoms with Gasteiger partial charge in [-0.05, 0) is 13.0 Å². The molecule has 6 nitrogen and oxygen atoms in total. The fourth-order valence-electron chi connectivity index (χ4n) is 2.57. The fraction of sp³-hybridized carbons (Fsp3) is 0.474. The van der Waals surface area contributed by atoms with Gasteiger partial charge in [0, 0.05) is 31.7 Å². The number of rotatable bonds is 7. The Kier molecular flexibility index (Phi) is 6.20. The lowest BCUT2D eigenvalue weighted by atomic mass is 9.95. The molecule has 2 N–H and O–H groups in total. The predicted octanol–water partition coefficient (Wildman–Crippen LogP) is 3.45. The lowest BCUT2D eigenvalue weighted by Gasteiger charge is -2.28. The van der Waals surface area contributed by atoms with Gasteiger partial charge < -0.3 is 15.0 Å². The fourth-order valence-corrected chi connectivity index (χ4v) is 2.57. The van der Waals surface area contributed by atoms with Crippen LogP contribution in [-0.2, 0) is 4.74 Å². The van der Waals surface area contributed by atoms with Crippen molar-refractivity contribution in [2.75, 3.05) is 27.3 Å². The van der Waals surface area contributed by atoms with Crippen LogP contribution in [0.2, 0.25) is 0 Å². The number of carbonyl (C=O) groups is 1. The quantitative estimate of drug-likeness (QED) is 0.808. The smallest absolute Gasteiger partial charge is 0.317 e. The third-order valence-electron chi connectivity index (χ3n) is 4.27. The van der Waals surface area contributed by atoms with Crippen molar-refractivity contribution in [1.82, 2.24) is 20.4 Å². The summed E-state index contributed by atoms with van der Waals surface area (Å²) in [6.45, 7) is 7.23. The number of methoxy groups -OCH3 is 1. The van der Waals surface area contributed by atoms with E-state index in [9.17, 15) is 4.79 Å². The highest BCUT2D eigenvalue weighted by Gasteiger charge is 2.23. The van der Waals surface area contributed by atoms with E-state index in [0.717, 1.165) is 17.0 Å². The van der Waals surface area contributed by atoms with Gasteiger partial charge in [-0.1, -0.05) is 44.2 Å². The zero-order valence-electron chi connectivity index (χ0n) is 15.7. The number of hydrogen-bond acceptors (Lipinski definition) is 3. The molecule has 1 heterocycles. The average molecular weight is 344 g/mol. The van der Waals surface area contributed by atoms with Crippen LogP contribution in [0, 0.1) is 5.41 Å². The molecule has 0 aliphatic carbocycles. The molecule has 2 aromatic rings. The summed E-state index contributed by atoms with van der Waals surface area (Å²) >= 11 is 0. The number of aromatic amines is 1. The largest absolute Gasteiger partial charge is 0.384 e. The van der Waals surface area contributed by atoms with E-state index >= 15 is 0 Å². The van der Waals surface area contributed by atoms with Crippen LogP contribution in [0.1, 0.15) is 32.5 Å². The van der Waals surface area contributed by atoms with Crippen LogP contribution in [0.4, 0.5) is 4.79 Å². The molecule has 0 bridgehead atoms. The van der Waals surface area contributed by atoms with Crippen molar-refractivity contribution in [3.8, 4) is 11.3 Å². The van der Waals surface area contributed by atoms with Crippen molar-refractivity contribution in [1.29, 1.82) is 0 Å². The topological polar surface area (TPSA) is 70.2 Å². The Labute approximate surface area is 149 Å². The van der Waals surface area contributed by atoms with E-state index in [2.05, 4.69) is 29.4 Å². The Balaban J connectivity index is 1.99. The number of amides is 2. The van der Waals surface area contributed by atoms with Gasteiger partial charge in [-0.15, -0.1) is 0 Å².